The first kappa shape index (κ1) is 26.2. The van der Waals surface area contributed by atoms with Gasteiger partial charge in [-0.1, -0.05) is 31.5 Å². The summed E-state index contributed by atoms with van der Waals surface area (Å²) in [6, 6.07) is 7.50. The fraction of sp³-hybridized carbons (Fsp3) is 0.632. The molecule has 0 saturated heterocycles. The highest BCUT2D eigenvalue weighted by atomic mass is 127. The van der Waals surface area contributed by atoms with Crippen LogP contribution in [0, 0.1) is 0 Å². The number of hydrogen-bond donors (Lipinski definition) is 3. The first-order chi connectivity index (χ1) is 13.3. The van der Waals surface area contributed by atoms with Crippen LogP contribution in [-0.4, -0.2) is 48.4 Å². The van der Waals surface area contributed by atoms with E-state index in [1.807, 2.05) is 26.0 Å². The van der Waals surface area contributed by atoms with Crippen molar-refractivity contribution in [1.82, 2.24) is 10.6 Å². The van der Waals surface area contributed by atoms with Crippen LogP contribution in [0.15, 0.2) is 29.3 Å². The lowest BCUT2D eigenvalue weighted by Crippen LogP contribution is -2.46. The summed E-state index contributed by atoms with van der Waals surface area (Å²) in [7, 11) is -4.11. The number of nitrogens with zero attached hydrogens (tertiary/aromatic N) is 1. The summed E-state index contributed by atoms with van der Waals surface area (Å²) >= 11 is 0. The number of aliphatic imine (C=N–C) groups is 1. The fourth-order valence-corrected chi connectivity index (χ4v) is 5.33. The van der Waals surface area contributed by atoms with Crippen molar-refractivity contribution in [2.24, 2.45) is 4.99 Å². The van der Waals surface area contributed by atoms with Gasteiger partial charge < -0.3 is 10.6 Å². The van der Waals surface area contributed by atoms with E-state index in [0.29, 0.717) is 23.9 Å². The van der Waals surface area contributed by atoms with E-state index in [1.165, 1.54) is 0 Å². The molecule has 7 nitrogen and oxygen atoms in total. The molecule has 1 fully saturated rings. The monoisotopic (exact) mass is 556 g/mol. The SMILES string of the molecule is CCNC(=NCc1ccccc1NS(C)(=O)=O)NC1CCCC(S(=O)CC)C1.I. The second-order valence-corrected chi connectivity index (χ2v) is 10.8. The van der Waals surface area contributed by atoms with E-state index < -0.39 is 20.8 Å². The van der Waals surface area contributed by atoms with E-state index in [9.17, 15) is 12.6 Å². The smallest absolute Gasteiger partial charge is 0.229 e. The van der Waals surface area contributed by atoms with Crippen LogP contribution < -0.4 is 15.4 Å². The maximum Gasteiger partial charge on any atom is 0.229 e. The van der Waals surface area contributed by atoms with E-state index in [4.69, 9.17) is 0 Å². The fourth-order valence-electron chi connectivity index (χ4n) is 3.39. The second kappa shape index (κ2) is 12.7. The van der Waals surface area contributed by atoms with Gasteiger partial charge in [0.05, 0.1) is 18.5 Å². The molecule has 1 aliphatic carbocycles. The van der Waals surface area contributed by atoms with E-state index in [2.05, 4.69) is 20.3 Å². The first-order valence-corrected chi connectivity index (χ1v) is 13.1. The molecule has 1 aromatic rings. The zero-order chi connectivity index (χ0) is 20.6. The number of para-hydroxylation sites is 1. The van der Waals surface area contributed by atoms with Crippen LogP contribution in [0.25, 0.3) is 0 Å². The van der Waals surface area contributed by atoms with Crippen LogP contribution in [0.1, 0.15) is 45.1 Å². The number of sulfonamides is 1. The van der Waals surface area contributed by atoms with E-state index in [-0.39, 0.29) is 35.3 Å². The van der Waals surface area contributed by atoms with Gasteiger partial charge >= 0.3 is 0 Å². The highest BCUT2D eigenvalue weighted by molar-refractivity contribution is 14.0. The molecule has 0 heterocycles. The predicted molar refractivity (Wildman–Crippen MR) is 133 cm³/mol. The molecule has 3 unspecified atom stereocenters. The summed E-state index contributed by atoms with van der Waals surface area (Å²) in [5, 5.41) is 6.97. The Morgan fingerprint density at radius 3 is 2.62 bits per heavy atom. The van der Waals surface area contributed by atoms with Crippen LogP contribution in [0.3, 0.4) is 0 Å². The summed E-state index contributed by atoms with van der Waals surface area (Å²) in [6.45, 7) is 5.06. The van der Waals surface area contributed by atoms with Crippen molar-refractivity contribution in [3.63, 3.8) is 0 Å². The Balaban J connectivity index is 0.00000420. The van der Waals surface area contributed by atoms with E-state index >= 15 is 0 Å². The van der Waals surface area contributed by atoms with Crippen molar-refractivity contribution < 1.29 is 12.6 Å². The van der Waals surface area contributed by atoms with Gasteiger partial charge in [0.1, 0.15) is 0 Å². The Labute approximate surface area is 194 Å². The Morgan fingerprint density at radius 2 is 1.97 bits per heavy atom. The molecule has 0 aliphatic heterocycles. The lowest BCUT2D eigenvalue weighted by Gasteiger charge is -2.30. The molecule has 3 N–H and O–H groups in total. The van der Waals surface area contributed by atoms with Gasteiger partial charge in [0.15, 0.2) is 5.96 Å². The Hall–Kier alpha value is -0.880. The minimum atomic E-state index is -3.35. The summed E-state index contributed by atoms with van der Waals surface area (Å²) in [6.07, 6.45) is 5.15. The highest BCUT2D eigenvalue weighted by Crippen LogP contribution is 2.23. The molecular weight excluding hydrogens is 523 g/mol. The normalized spacial score (nSPS) is 21.0. The van der Waals surface area contributed by atoms with Crippen LogP contribution >= 0.6 is 24.0 Å². The summed E-state index contributed by atoms with van der Waals surface area (Å²) < 4.78 is 37.8. The van der Waals surface area contributed by atoms with E-state index in [0.717, 1.165) is 44.0 Å². The van der Waals surface area contributed by atoms with Crippen LogP contribution in [0.5, 0.6) is 0 Å². The maximum absolute atomic E-state index is 12.2. The van der Waals surface area contributed by atoms with Gasteiger partial charge in [-0.3, -0.25) is 8.93 Å². The number of halogens is 1. The zero-order valence-electron chi connectivity index (χ0n) is 17.3. The maximum atomic E-state index is 12.2. The summed E-state index contributed by atoms with van der Waals surface area (Å²) in [5.41, 5.74) is 1.35. The Bertz CT molecular complexity index is 802. The van der Waals surface area contributed by atoms with Gasteiger partial charge in [-0.25, -0.2) is 13.4 Å². The number of benzene rings is 1. The average molecular weight is 557 g/mol. The molecule has 10 heteroatoms. The summed E-state index contributed by atoms with van der Waals surface area (Å²) in [4.78, 5) is 4.64. The highest BCUT2D eigenvalue weighted by Gasteiger charge is 2.26. The second-order valence-electron chi connectivity index (χ2n) is 7.03. The molecule has 0 radical (unpaired) electrons. The van der Waals surface area contributed by atoms with Gasteiger partial charge in [0.25, 0.3) is 0 Å². The van der Waals surface area contributed by atoms with Gasteiger partial charge in [0, 0.05) is 34.4 Å². The molecule has 0 aromatic heterocycles. The van der Waals surface area contributed by atoms with Crippen molar-refractivity contribution in [3.05, 3.63) is 29.8 Å². The molecule has 0 amide bonds. The van der Waals surface area contributed by atoms with Crippen LogP contribution in [-0.2, 0) is 27.4 Å². The molecule has 0 bridgehead atoms. The Kier molecular flexibility index (Phi) is 11.5. The van der Waals surface area contributed by atoms with Crippen molar-refractivity contribution in [3.8, 4) is 0 Å². The predicted octanol–water partition coefficient (Wildman–Crippen LogP) is 2.81. The third kappa shape index (κ3) is 9.20. The van der Waals surface area contributed by atoms with Gasteiger partial charge in [-0.2, -0.15) is 0 Å². The third-order valence-electron chi connectivity index (χ3n) is 4.69. The average Bonchev–Trinajstić information content (AvgIpc) is 2.65. The largest absolute Gasteiger partial charge is 0.357 e. The number of rotatable bonds is 8. The molecule has 0 spiro atoms. The van der Waals surface area contributed by atoms with Crippen molar-refractivity contribution in [2.75, 3.05) is 23.3 Å². The van der Waals surface area contributed by atoms with Gasteiger partial charge in [0.2, 0.25) is 10.0 Å². The lowest BCUT2D eigenvalue weighted by atomic mass is 9.95. The number of guanidine groups is 1. The lowest BCUT2D eigenvalue weighted by molar-refractivity contribution is 0.413. The first-order valence-electron chi connectivity index (χ1n) is 9.80. The zero-order valence-corrected chi connectivity index (χ0v) is 21.3. The van der Waals surface area contributed by atoms with Gasteiger partial charge in [-0.05, 0) is 37.8 Å². The molecule has 3 atom stereocenters. The Morgan fingerprint density at radius 1 is 1.24 bits per heavy atom. The topological polar surface area (TPSA) is 99.7 Å². The van der Waals surface area contributed by atoms with Crippen LogP contribution in [0.2, 0.25) is 0 Å². The molecular formula is C19H33IN4O3S2. The van der Waals surface area contributed by atoms with Crippen molar-refractivity contribution in [2.45, 2.75) is 57.4 Å². The van der Waals surface area contributed by atoms with Crippen molar-refractivity contribution >= 4 is 56.4 Å². The molecule has 2 rings (SSSR count). The minimum Gasteiger partial charge on any atom is -0.357 e. The molecule has 1 saturated carbocycles. The van der Waals surface area contributed by atoms with Crippen molar-refractivity contribution in [1.29, 1.82) is 0 Å². The quantitative estimate of drug-likeness (QED) is 0.260. The summed E-state index contributed by atoms with van der Waals surface area (Å²) in [5.74, 6) is 1.40. The number of hydrogen-bond acceptors (Lipinski definition) is 4. The van der Waals surface area contributed by atoms with Crippen LogP contribution in [0.4, 0.5) is 5.69 Å². The van der Waals surface area contributed by atoms with Gasteiger partial charge in [-0.15, -0.1) is 24.0 Å². The molecule has 1 aliphatic rings. The minimum absolute atomic E-state index is 0. The standard InChI is InChI=1S/C19H32N4O3S2.HI/c1-4-20-19(22-16-10-8-11-17(13-16)27(24)5-2)21-14-15-9-6-7-12-18(15)23-28(3,25)26;/h6-7,9,12,16-17,23H,4-5,8,10-11,13-14H2,1-3H3,(H2,20,21,22);1H. The molecule has 166 valence electrons. The van der Waals surface area contributed by atoms with E-state index in [1.54, 1.807) is 12.1 Å². The number of anilines is 1. The molecule has 29 heavy (non-hydrogen) atoms. The molecule has 1 aromatic carbocycles. The third-order valence-corrected chi connectivity index (χ3v) is 7.02. The number of nitrogens with one attached hydrogen (secondary N) is 3.